The molecule has 1 rings (SSSR count). The first-order valence-corrected chi connectivity index (χ1v) is 8.23. The number of carbonyl (C=O) groups is 3. The van der Waals surface area contributed by atoms with Crippen molar-refractivity contribution in [3.05, 3.63) is 0 Å². The first-order valence-electron chi connectivity index (χ1n) is 6.41. The Hall–Kier alpha value is -1.84. The molecular formula is C11H19N3O6S. The normalized spacial score (nSPS) is 22.3. The summed E-state index contributed by atoms with van der Waals surface area (Å²) in [5.74, 6) is -2.24. The minimum Gasteiger partial charge on any atom is -0.480 e. The molecule has 1 aliphatic heterocycles. The van der Waals surface area contributed by atoms with E-state index in [0.717, 1.165) is 0 Å². The average molecular weight is 321 g/mol. The van der Waals surface area contributed by atoms with Crippen LogP contribution in [-0.2, 0) is 19.4 Å². The van der Waals surface area contributed by atoms with Crippen molar-refractivity contribution < 1.29 is 27.9 Å². The molecule has 0 aromatic rings. The summed E-state index contributed by atoms with van der Waals surface area (Å²) in [4.78, 5) is 35.0. The van der Waals surface area contributed by atoms with Gasteiger partial charge in [-0.25, -0.2) is 18.0 Å². The van der Waals surface area contributed by atoms with Gasteiger partial charge in [0, 0.05) is 19.0 Å². The molecule has 0 radical (unpaired) electrons. The molecule has 0 aromatic carbocycles. The number of rotatable bonds is 5. The Balaban J connectivity index is 2.65. The quantitative estimate of drug-likeness (QED) is 0.563. The number of urea groups is 1. The topological polar surface area (TPSA) is 147 Å². The molecule has 1 heterocycles. The number of nitrogens with two attached hydrogens (primary N) is 1. The Morgan fingerprint density at radius 3 is 2.52 bits per heavy atom. The summed E-state index contributed by atoms with van der Waals surface area (Å²) < 4.78 is 22.9. The lowest BCUT2D eigenvalue weighted by atomic mass is 10.1. The maximum Gasteiger partial charge on any atom is 0.326 e. The Labute approximate surface area is 122 Å². The smallest absolute Gasteiger partial charge is 0.326 e. The van der Waals surface area contributed by atoms with Crippen molar-refractivity contribution in [1.82, 2.24) is 10.2 Å². The van der Waals surface area contributed by atoms with Gasteiger partial charge in [-0.2, -0.15) is 0 Å². The Bertz CT molecular complexity index is 532. The second-order valence-electron chi connectivity index (χ2n) is 5.00. The van der Waals surface area contributed by atoms with Crippen molar-refractivity contribution in [1.29, 1.82) is 0 Å². The molecule has 1 saturated heterocycles. The van der Waals surface area contributed by atoms with Crippen LogP contribution in [0.3, 0.4) is 0 Å². The zero-order valence-corrected chi connectivity index (χ0v) is 12.4. The number of carboxylic acids is 1. The van der Waals surface area contributed by atoms with Gasteiger partial charge in [0.2, 0.25) is 5.91 Å². The third-order valence-electron chi connectivity index (χ3n) is 3.21. The number of primary amides is 1. The third-order valence-corrected chi connectivity index (χ3v) is 5.00. The SMILES string of the molecule is CC1CS(=O)(=O)CCN1C(=O)N[C@@H](CCC(N)=O)C(=O)O. The number of aliphatic carboxylic acids is 1. The van der Waals surface area contributed by atoms with Crippen molar-refractivity contribution in [3.63, 3.8) is 0 Å². The standard InChI is InChI=1S/C11H19N3O6S/c1-7-6-21(19,20)5-4-14(7)11(18)13-8(10(16)17)2-3-9(12)15/h7-8H,2-6H2,1H3,(H2,12,15)(H,13,18)(H,16,17)/t7?,8-/m0/s1. The largest absolute Gasteiger partial charge is 0.480 e. The highest BCUT2D eigenvalue weighted by Crippen LogP contribution is 2.12. The van der Waals surface area contributed by atoms with Crippen LogP contribution in [0.4, 0.5) is 4.79 Å². The van der Waals surface area contributed by atoms with Crippen LogP contribution in [0.1, 0.15) is 19.8 Å². The maximum atomic E-state index is 12.0. The van der Waals surface area contributed by atoms with E-state index in [-0.39, 0.29) is 30.9 Å². The number of amides is 3. The molecule has 120 valence electrons. The molecule has 1 unspecified atom stereocenters. The van der Waals surface area contributed by atoms with Crippen molar-refractivity contribution in [3.8, 4) is 0 Å². The van der Waals surface area contributed by atoms with Crippen LogP contribution in [0.25, 0.3) is 0 Å². The summed E-state index contributed by atoms with van der Waals surface area (Å²) >= 11 is 0. The molecule has 0 bridgehead atoms. The van der Waals surface area contributed by atoms with Gasteiger partial charge in [0.15, 0.2) is 9.84 Å². The van der Waals surface area contributed by atoms with Gasteiger partial charge < -0.3 is 21.1 Å². The zero-order chi connectivity index (χ0) is 16.2. The lowest BCUT2D eigenvalue weighted by Gasteiger charge is -2.33. The van der Waals surface area contributed by atoms with E-state index in [2.05, 4.69) is 5.32 Å². The third kappa shape index (κ3) is 5.21. The lowest BCUT2D eigenvalue weighted by Crippen LogP contribution is -2.56. The predicted octanol–water partition coefficient (Wildman–Crippen LogP) is -1.47. The molecule has 9 nitrogen and oxygen atoms in total. The highest BCUT2D eigenvalue weighted by molar-refractivity contribution is 7.91. The fraction of sp³-hybridized carbons (Fsp3) is 0.727. The van der Waals surface area contributed by atoms with Crippen molar-refractivity contribution >= 4 is 27.7 Å². The Morgan fingerprint density at radius 2 is 2.05 bits per heavy atom. The van der Waals surface area contributed by atoms with Crippen molar-refractivity contribution in [2.24, 2.45) is 5.73 Å². The van der Waals surface area contributed by atoms with Crippen LogP contribution in [0.15, 0.2) is 0 Å². The van der Waals surface area contributed by atoms with Crippen LogP contribution in [0, 0.1) is 0 Å². The van der Waals surface area contributed by atoms with Crippen LogP contribution in [0.2, 0.25) is 0 Å². The van der Waals surface area contributed by atoms with E-state index in [1.807, 2.05) is 0 Å². The number of carboxylic acid groups (broad SMARTS) is 1. The summed E-state index contributed by atoms with van der Waals surface area (Å²) in [6, 6.07) is -2.43. The summed E-state index contributed by atoms with van der Waals surface area (Å²) in [7, 11) is -3.16. The van der Waals surface area contributed by atoms with E-state index in [0.29, 0.717) is 0 Å². The Kier molecular flexibility index (Phi) is 5.53. The summed E-state index contributed by atoms with van der Waals surface area (Å²) in [6.07, 6.45) is -0.280. The summed E-state index contributed by atoms with van der Waals surface area (Å²) in [5, 5.41) is 11.3. The van der Waals surface area contributed by atoms with Gasteiger partial charge in [0.05, 0.1) is 11.5 Å². The molecule has 0 saturated carbocycles. The van der Waals surface area contributed by atoms with Crippen LogP contribution in [-0.4, -0.2) is 66.5 Å². The summed E-state index contributed by atoms with van der Waals surface area (Å²) in [6.45, 7) is 1.59. The molecule has 2 atom stereocenters. The zero-order valence-electron chi connectivity index (χ0n) is 11.6. The van der Waals surface area contributed by atoms with Gasteiger partial charge in [-0.05, 0) is 13.3 Å². The molecule has 0 spiro atoms. The first-order chi connectivity index (χ1) is 9.62. The van der Waals surface area contributed by atoms with Gasteiger partial charge in [0.25, 0.3) is 0 Å². The number of hydrogen-bond donors (Lipinski definition) is 3. The Morgan fingerprint density at radius 1 is 1.43 bits per heavy atom. The van der Waals surface area contributed by atoms with Crippen LogP contribution in [0.5, 0.6) is 0 Å². The molecular weight excluding hydrogens is 302 g/mol. The van der Waals surface area contributed by atoms with Gasteiger partial charge in [-0.1, -0.05) is 0 Å². The predicted molar refractivity (Wildman–Crippen MR) is 73.2 cm³/mol. The number of sulfone groups is 1. The molecule has 4 N–H and O–H groups in total. The van der Waals surface area contributed by atoms with Gasteiger partial charge in [0.1, 0.15) is 6.04 Å². The van der Waals surface area contributed by atoms with E-state index in [9.17, 15) is 22.8 Å². The molecule has 1 aliphatic rings. The average Bonchev–Trinajstić information content (AvgIpc) is 2.32. The molecule has 21 heavy (non-hydrogen) atoms. The number of nitrogens with zero attached hydrogens (tertiary/aromatic N) is 1. The first kappa shape index (κ1) is 17.2. The molecule has 0 aliphatic carbocycles. The monoisotopic (exact) mass is 321 g/mol. The molecule has 1 fully saturated rings. The fourth-order valence-corrected chi connectivity index (χ4v) is 3.63. The van der Waals surface area contributed by atoms with Gasteiger partial charge in [-0.15, -0.1) is 0 Å². The minimum atomic E-state index is -3.16. The van der Waals surface area contributed by atoms with Crippen LogP contribution < -0.4 is 11.1 Å². The molecule has 10 heteroatoms. The van der Waals surface area contributed by atoms with E-state index >= 15 is 0 Å². The number of nitrogens with one attached hydrogen (secondary N) is 1. The van der Waals surface area contributed by atoms with Gasteiger partial charge in [-0.3, -0.25) is 4.79 Å². The number of hydrogen-bond acceptors (Lipinski definition) is 5. The second-order valence-corrected chi connectivity index (χ2v) is 7.23. The molecule has 0 aromatic heterocycles. The minimum absolute atomic E-state index is 0.0114. The van der Waals surface area contributed by atoms with Crippen LogP contribution >= 0.6 is 0 Å². The van der Waals surface area contributed by atoms with E-state index in [1.165, 1.54) is 4.90 Å². The highest BCUT2D eigenvalue weighted by Gasteiger charge is 2.33. The maximum absolute atomic E-state index is 12.0. The second kappa shape index (κ2) is 6.74. The molecule has 3 amide bonds. The van der Waals surface area contributed by atoms with E-state index in [1.54, 1.807) is 6.92 Å². The van der Waals surface area contributed by atoms with Crippen molar-refractivity contribution in [2.75, 3.05) is 18.1 Å². The summed E-state index contributed by atoms with van der Waals surface area (Å²) in [5.41, 5.74) is 4.94. The lowest BCUT2D eigenvalue weighted by molar-refractivity contribution is -0.139. The van der Waals surface area contributed by atoms with Gasteiger partial charge >= 0.3 is 12.0 Å². The van der Waals surface area contributed by atoms with E-state index < -0.39 is 39.8 Å². The number of carbonyl (C=O) groups excluding carboxylic acids is 2. The highest BCUT2D eigenvalue weighted by atomic mass is 32.2. The van der Waals surface area contributed by atoms with E-state index in [4.69, 9.17) is 10.8 Å². The van der Waals surface area contributed by atoms with Crippen molar-refractivity contribution in [2.45, 2.75) is 31.8 Å². The fourth-order valence-electron chi connectivity index (χ4n) is 2.08.